The maximum absolute atomic E-state index is 12.9. The summed E-state index contributed by atoms with van der Waals surface area (Å²) in [5.41, 5.74) is 0.454. The van der Waals surface area contributed by atoms with Crippen molar-refractivity contribution in [2.75, 3.05) is 0 Å². The Bertz CT molecular complexity index is 674. The quantitative estimate of drug-likeness (QED) is 0.524. The number of alkyl halides is 7. The summed E-state index contributed by atoms with van der Waals surface area (Å²) in [5, 5.41) is 0. The number of nitrogens with one attached hydrogen (secondary N) is 1. The molecule has 11 heteroatoms. The number of aromatic amines is 1. The highest BCUT2D eigenvalue weighted by molar-refractivity contribution is 9.10. The predicted molar refractivity (Wildman–Crippen MR) is 74.6 cm³/mol. The van der Waals surface area contributed by atoms with Crippen LogP contribution in [0.25, 0.3) is 11.0 Å². The molecule has 0 bridgehead atoms. The first kappa shape index (κ1) is 16.9. The van der Waals surface area contributed by atoms with Crippen molar-refractivity contribution in [3.8, 4) is 5.75 Å². The molecule has 116 valence electrons. The second-order valence-corrected chi connectivity index (χ2v) is 6.98. The van der Waals surface area contributed by atoms with Gasteiger partial charge in [0.1, 0.15) is 5.75 Å². The maximum Gasteiger partial charge on any atom is 0.461 e. The number of halogens is 8. The summed E-state index contributed by atoms with van der Waals surface area (Å²) in [6.07, 6.45) is -8.61. The van der Waals surface area contributed by atoms with Crippen molar-refractivity contribution >= 4 is 61.8 Å². The van der Waals surface area contributed by atoms with Crippen molar-refractivity contribution in [2.24, 2.45) is 0 Å². The minimum Gasteiger partial charge on any atom is -0.427 e. The third kappa shape index (κ3) is 3.67. The van der Waals surface area contributed by atoms with E-state index in [2.05, 4.69) is 30.6 Å². The Balaban J connectivity index is 2.45. The van der Waals surface area contributed by atoms with Gasteiger partial charge in [-0.1, -0.05) is 34.8 Å². The van der Waals surface area contributed by atoms with Crippen LogP contribution in [-0.2, 0) is 3.79 Å². The van der Waals surface area contributed by atoms with Gasteiger partial charge < -0.3 is 9.72 Å². The van der Waals surface area contributed by atoms with Crippen LogP contribution in [0.3, 0.4) is 0 Å². The number of aromatic nitrogens is 2. The van der Waals surface area contributed by atoms with Gasteiger partial charge >= 0.3 is 12.5 Å². The molecular weight excluding hydrogens is 426 g/mol. The number of ether oxygens (including phenoxy) is 1. The van der Waals surface area contributed by atoms with E-state index in [-0.39, 0.29) is 15.8 Å². The predicted octanol–water partition coefficient (Wildman–Crippen LogP) is 5.39. The Morgan fingerprint density at radius 2 is 1.86 bits per heavy atom. The lowest BCUT2D eigenvalue weighted by Crippen LogP contribution is -2.33. The maximum atomic E-state index is 12.9. The van der Waals surface area contributed by atoms with Crippen molar-refractivity contribution in [1.29, 1.82) is 0 Å². The summed E-state index contributed by atoms with van der Waals surface area (Å²) in [4.78, 5) is 6.54. The first-order valence-corrected chi connectivity index (χ1v) is 7.05. The highest BCUT2D eigenvalue weighted by Crippen LogP contribution is 2.39. The largest absolute Gasteiger partial charge is 0.461 e. The van der Waals surface area contributed by atoms with Gasteiger partial charge in [0.05, 0.1) is 15.5 Å². The van der Waals surface area contributed by atoms with Crippen molar-refractivity contribution in [3.63, 3.8) is 0 Å². The lowest BCUT2D eigenvalue weighted by Gasteiger charge is -2.17. The van der Waals surface area contributed by atoms with E-state index in [1.54, 1.807) is 0 Å². The molecule has 3 nitrogen and oxygen atoms in total. The molecular formula is C10H4BrCl3F4N2O. The Morgan fingerprint density at radius 1 is 1.24 bits per heavy atom. The van der Waals surface area contributed by atoms with E-state index >= 15 is 0 Å². The van der Waals surface area contributed by atoms with Crippen LogP contribution in [0.5, 0.6) is 5.75 Å². The van der Waals surface area contributed by atoms with Gasteiger partial charge in [0.25, 0.3) is 0 Å². The summed E-state index contributed by atoms with van der Waals surface area (Å²) in [5.74, 6) is -0.567. The van der Waals surface area contributed by atoms with E-state index in [4.69, 9.17) is 34.8 Å². The zero-order valence-electron chi connectivity index (χ0n) is 9.61. The fraction of sp³-hybridized carbons (Fsp3) is 0.300. The molecule has 1 heterocycles. The molecule has 0 fully saturated rings. The molecule has 0 amide bonds. The molecule has 0 atom stereocenters. The van der Waals surface area contributed by atoms with Gasteiger partial charge in [0.2, 0.25) is 3.79 Å². The summed E-state index contributed by atoms with van der Waals surface area (Å²) in [6.45, 7) is 0. The molecule has 0 aliphatic carbocycles. The second kappa shape index (κ2) is 5.64. The Kier molecular flexibility index (Phi) is 4.55. The second-order valence-electron chi connectivity index (χ2n) is 3.85. The minimum absolute atomic E-state index is 0.00911. The molecule has 1 N–H and O–H groups in total. The van der Waals surface area contributed by atoms with E-state index in [0.717, 1.165) is 6.07 Å². The van der Waals surface area contributed by atoms with E-state index in [1.807, 2.05) is 0 Å². The molecule has 0 radical (unpaired) electrons. The number of imidazole rings is 1. The first-order chi connectivity index (χ1) is 9.50. The number of hydrogen-bond acceptors (Lipinski definition) is 2. The van der Waals surface area contributed by atoms with Crippen LogP contribution in [0.15, 0.2) is 16.6 Å². The molecule has 0 unspecified atom stereocenters. The Hall–Kier alpha value is -0.440. The van der Waals surface area contributed by atoms with E-state index in [1.165, 1.54) is 6.07 Å². The summed E-state index contributed by atoms with van der Waals surface area (Å²) >= 11 is 19.8. The molecule has 1 aromatic heterocycles. The number of nitrogens with zero attached hydrogens (tertiary/aromatic N) is 1. The molecule has 0 saturated carbocycles. The van der Waals surface area contributed by atoms with Gasteiger partial charge in [-0.3, -0.25) is 0 Å². The van der Waals surface area contributed by atoms with Crippen LogP contribution in [-0.4, -0.2) is 22.5 Å². The average molecular weight is 430 g/mol. The van der Waals surface area contributed by atoms with Gasteiger partial charge in [-0.25, -0.2) is 4.98 Å². The van der Waals surface area contributed by atoms with Gasteiger partial charge in [-0.05, 0) is 22.0 Å². The first-order valence-electron chi connectivity index (χ1n) is 5.12. The third-order valence-electron chi connectivity index (χ3n) is 2.30. The van der Waals surface area contributed by atoms with Gasteiger partial charge in [0, 0.05) is 6.07 Å². The molecule has 21 heavy (non-hydrogen) atoms. The highest BCUT2D eigenvalue weighted by atomic mass is 79.9. The van der Waals surface area contributed by atoms with E-state index in [0.29, 0.717) is 5.52 Å². The Morgan fingerprint density at radius 3 is 2.38 bits per heavy atom. The van der Waals surface area contributed by atoms with Gasteiger partial charge in [-0.15, -0.1) is 0 Å². The number of hydrogen-bond donors (Lipinski definition) is 1. The number of fused-ring (bicyclic) bond motifs is 1. The molecule has 0 saturated heterocycles. The van der Waals surface area contributed by atoms with Crippen LogP contribution in [0.2, 0.25) is 0 Å². The van der Waals surface area contributed by atoms with Crippen LogP contribution in [0.4, 0.5) is 17.6 Å². The minimum atomic E-state index is -4.63. The standard InChI is InChI=1S/C10H4BrCl3F4N2O/c11-3-1-4-5(20-8(19-4)9(12,13)14)2-6(3)21-10(17,18)7(15)16/h1-2,7H,(H,19,20). The van der Waals surface area contributed by atoms with Crippen LogP contribution < -0.4 is 4.74 Å². The van der Waals surface area contributed by atoms with E-state index in [9.17, 15) is 17.6 Å². The molecule has 2 rings (SSSR count). The smallest absolute Gasteiger partial charge is 0.427 e. The average Bonchev–Trinajstić information content (AvgIpc) is 2.71. The van der Waals surface area contributed by atoms with Crippen molar-refractivity contribution in [3.05, 3.63) is 22.4 Å². The van der Waals surface area contributed by atoms with Gasteiger partial charge in [-0.2, -0.15) is 17.6 Å². The zero-order chi connectivity index (χ0) is 16.0. The fourth-order valence-electron chi connectivity index (χ4n) is 1.41. The SMILES string of the molecule is FC(F)C(F)(F)Oc1cc2nc(C(Cl)(Cl)Cl)[nH]c2cc1Br. The Labute approximate surface area is 138 Å². The van der Waals surface area contributed by atoms with Gasteiger partial charge in [0.15, 0.2) is 5.82 Å². The fourth-order valence-corrected chi connectivity index (χ4v) is 2.11. The summed E-state index contributed by atoms with van der Waals surface area (Å²) < 4.78 is 52.3. The van der Waals surface area contributed by atoms with Crippen LogP contribution in [0, 0.1) is 0 Å². The van der Waals surface area contributed by atoms with E-state index < -0.39 is 22.1 Å². The molecule has 0 aliphatic rings. The lowest BCUT2D eigenvalue weighted by atomic mass is 10.3. The zero-order valence-corrected chi connectivity index (χ0v) is 13.5. The van der Waals surface area contributed by atoms with Crippen LogP contribution >= 0.6 is 50.7 Å². The highest BCUT2D eigenvalue weighted by Gasteiger charge is 2.44. The van der Waals surface area contributed by atoms with Crippen molar-refractivity contribution in [2.45, 2.75) is 16.3 Å². The molecule has 0 aliphatic heterocycles. The number of rotatable bonds is 3. The van der Waals surface area contributed by atoms with Crippen molar-refractivity contribution in [1.82, 2.24) is 9.97 Å². The van der Waals surface area contributed by atoms with Crippen LogP contribution in [0.1, 0.15) is 5.82 Å². The molecule has 2 aromatic rings. The molecule has 1 aromatic carbocycles. The number of H-pyrrole nitrogens is 1. The third-order valence-corrected chi connectivity index (χ3v) is 3.46. The topological polar surface area (TPSA) is 37.9 Å². The lowest BCUT2D eigenvalue weighted by molar-refractivity contribution is -0.253. The molecule has 0 spiro atoms. The normalized spacial score (nSPS) is 13.2. The van der Waals surface area contributed by atoms with Crippen molar-refractivity contribution < 1.29 is 22.3 Å². The number of benzene rings is 1. The monoisotopic (exact) mass is 428 g/mol. The summed E-state index contributed by atoms with van der Waals surface area (Å²) in [7, 11) is 0. The summed E-state index contributed by atoms with van der Waals surface area (Å²) in [6, 6.07) is 2.31.